The molecule has 3 heterocycles. The minimum Gasteiger partial charge on any atom is -0.379 e. The average Bonchev–Trinajstić information content (AvgIpc) is 3.15. The zero-order chi connectivity index (χ0) is 15.7. The number of likely N-dealkylation sites (N-methyl/N-ethyl adjacent to an activating group) is 1. The van der Waals surface area contributed by atoms with Crippen molar-refractivity contribution in [3.63, 3.8) is 0 Å². The van der Waals surface area contributed by atoms with E-state index in [0.717, 1.165) is 17.0 Å². The summed E-state index contributed by atoms with van der Waals surface area (Å²) in [5.74, 6) is 0.443. The van der Waals surface area contributed by atoms with E-state index in [-0.39, 0.29) is 18.1 Å². The zero-order valence-electron chi connectivity index (χ0n) is 13.4. The van der Waals surface area contributed by atoms with E-state index in [1.54, 1.807) is 0 Å². The van der Waals surface area contributed by atoms with E-state index in [1.165, 1.54) is 11.3 Å². The summed E-state index contributed by atoms with van der Waals surface area (Å²) in [5, 5.41) is 1.98. The summed E-state index contributed by atoms with van der Waals surface area (Å²) in [7, 11) is 4.07. The number of thiophene rings is 1. The Hall–Kier alpha value is -0.950. The molecule has 0 bridgehead atoms. The first kappa shape index (κ1) is 15.9. The normalized spacial score (nSPS) is 27.6. The Balaban J connectivity index is 1.68. The van der Waals surface area contributed by atoms with Crippen LogP contribution in [0.5, 0.6) is 0 Å². The van der Waals surface area contributed by atoms with Gasteiger partial charge in [0.15, 0.2) is 0 Å². The average molecular weight is 324 g/mol. The van der Waals surface area contributed by atoms with Crippen molar-refractivity contribution in [1.82, 2.24) is 9.80 Å². The molecule has 0 unspecified atom stereocenters. The number of rotatable bonds is 5. The highest BCUT2D eigenvalue weighted by Crippen LogP contribution is 2.34. The van der Waals surface area contributed by atoms with E-state index in [9.17, 15) is 4.79 Å². The molecule has 2 aliphatic rings. The number of carbonyl (C=O) groups is 1. The molecule has 0 aliphatic carbocycles. The van der Waals surface area contributed by atoms with Gasteiger partial charge >= 0.3 is 0 Å². The van der Waals surface area contributed by atoms with Gasteiger partial charge in [-0.25, -0.2) is 0 Å². The molecule has 0 saturated carbocycles. The molecule has 2 aliphatic heterocycles. The maximum atomic E-state index is 12.8. The molecule has 3 rings (SSSR count). The van der Waals surface area contributed by atoms with Gasteiger partial charge in [-0.2, -0.15) is 0 Å². The Bertz CT molecular complexity index is 531. The summed E-state index contributed by atoms with van der Waals surface area (Å²) in [5.41, 5.74) is 1.06. The van der Waals surface area contributed by atoms with E-state index in [0.29, 0.717) is 32.3 Å². The summed E-state index contributed by atoms with van der Waals surface area (Å²) in [6.07, 6.45) is 0.0941. The molecule has 0 aromatic carbocycles. The molecule has 2 saturated heterocycles. The molecular formula is C16H24N2O3S. The maximum absolute atomic E-state index is 12.8. The van der Waals surface area contributed by atoms with Crippen LogP contribution in [0.4, 0.5) is 0 Å². The van der Waals surface area contributed by atoms with Crippen molar-refractivity contribution < 1.29 is 14.3 Å². The number of nitrogens with zero attached hydrogens (tertiary/aromatic N) is 2. The highest BCUT2D eigenvalue weighted by Gasteiger charge is 2.48. The molecular weight excluding hydrogens is 300 g/mol. The first-order valence-corrected chi connectivity index (χ1v) is 8.65. The second-order valence-corrected chi connectivity index (χ2v) is 7.29. The lowest BCUT2D eigenvalue weighted by molar-refractivity contribution is 0.0136. The SMILES string of the molecule is Cc1ccsc1C(=O)N1C[C@@H](OCCN(C)C)[C@@H]2COC[C@@H]21. The van der Waals surface area contributed by atoms with Crippen molar-refractivity contribution >= 4 is 17.2 Å². The molecule has 2 fully saturated rings. The summed E-state index contributed by atoms with van der Waals surface area (Å²) < 4.78 is 11.7. The van der Waals surface area contributed by atoms with Gasteiger partial charge < -0.3 is 19.3 Å². The number of fused-ring (bicyclic) bond motifs is 1. The lowest BCUT2D eigenvalue weighted by atomic mass is 10.0. The summed E-state index contributed by atoms with van der Waals surface area (Å²) in [6.45, 7) is 5.60. The largest absolute Gasteiger partial charge is 0.379 e. The molecule has 1 aromatic heterocycles. The molecule has 6 heteroatoms. The zero-order valence-corrected chi connectivity index (χ0v) is 14.3. The van der Waals surface area contributed by atoms with Crippen LogP contribution in [0.25, 0.3) is 0 Å². The van der Waals surface area contributed by atoms with Gasteiger partial charge in [-0.1, -0.05) is 0 Å². The van der Waals surface area contributed by atoms with Crippen molar-refractivity contribution in [2.24, 2.45) is 5.92 Å². The number of amides is 1. The Morgan fingerprint density at radius 2 is 2.32 bits per heavy atom. The van der Waals surface area contributed by atoms with E-state index in [1.807, 2.05) is 37.4 Å². The molecule has 1 amide bonds. The smallest absolute Gasteiger partial charge is 0.264 e. The van der Waals surface area contributed by atoms with Crippen LogP contribution in [0.1, 0.15) is 15.2 Å². The van der Waals surface area contributed by atoms with Gasteiger partial charge in [0.1, 0.15) is 0 Å². The van der Waals surface area contributed by atoms with Crippen molar-refractivity contribution in [1.29, 1.82) is 0 Å². The third kappa shape index (κ3) is 3.06. The van der Waals surface area contributed by atoms with Crippen molar-refractivity contribution in [3.05, 3.63) is 21.9 Å². The summed E-state index contributed by atoms with van der Waals surface area (Å²) in [4.78, 5) is 17.7. The fourth-order valence-corrected chi connectivity index (χ4v) is 4.10. The van der Waals surface area contributed by atoms with Crippen LogP contribution in [0.15, 0.2) is 11.4 Å². The Morgan fingerprint density at radius 1 is 1.50 bits per heavy atom. The van der Waals surface area contributed by atoms with Crippen LogP contribution in [0.3, 0.4) is 0 Å². The van der Waals surface area contributed by atoms with Crippen molar-refractivity contribution in [3.8, 4) is 0 Å². The Labute approximate surface area is 135 Å². The monoisotopic (exact) mass is 324 g/mol. The van der Waals surface area contributed by atoms with E-state index < -0.39 is 0 Å². The molecule has 122 valence electrons. The standard InChI is InChI=1S/C16H24N2O3S/c1-11-4-7-22-15(11)16(19)18-8-14(21-6-5-17(2)3)12-9-20-10-13(12)18/h4,7,12-14H,5-6,8-10H2,1-3H3/t12-,13+,14-/m1/s1. The Morgan fingerprint density at radius 3 is 3.00 bits per heavy atom. The number of aryl methyl sites for hydroxylation is 1. The van der Waals surface area contributed by atoms with Crippen LogP contribution in [0.2, 0.25) is 0 Å². The first-order chi connectivity index (χ1) is 10.6. The fraction of sp³-hybridized carbons (Fsp3) is 0.688. The van der Waals surface area contributed by atoms with Crippen LogP contribution >= 0.6 is 11.3 Å². The van der Waals surface area contributed by atoms with Gasteiger partial charge in [-0.15, -0.1) is 11.3 Å². The highest BCUT2D eigenvalue weighted by molar-refractivity contribution is 7.12. The van der Waals surface area contributed by atoms with E-state index >= 15 is 0 Å². The minimum absolute atomic E-state index is 0.0941. The molecule has 5 nitrogen and oxygen atoms in total. The highest BCUT2D eigenvalue weighted by atomic mass is 32.1. The topological polar surface area (TPSA) is 42.0 Å². The first-order valence-electron chi connectivity index (χ1n) is 7.77. The minimum atomic E-state index is 0.0941. The van der Waals surface area contributed by atoms with Crippen LogP contribution in [-0.4, -0.2) is 74.9 Å². The van der Waals surface area contributed by atoms with Gasteiger partial charge in [-0.05, 0) is 38.0 Å². The third-order valence-electron chi connectivity index (χ3n) is 4.54. The molecule has 0 spiro atoms. The van der Waals surface area contributed by atoms with Crippen LogP contribution < -0.4 is 0 Å². The van der Waals surface area contributed by atoms with Gasteiger partial charge in [0.25, 0.3) is 5.91 Å². The quantitative estimate of drug-likeness (QED) is 0.823. The number of hydrogen-bond acceptors (Lipinski definition) is 5. The molecule has 22 heavy (non-hydrogen) atoms. The summed E-state index contributed by atoms with van der Waals surface area (Å²) in [6, 6.07) is 2.17. The van der Waals surface area contributed by atoms with E-state index in [4.69, 9.17) is 9.47 Å². The predicted molar refractivity (Wildman–Crippen MR) is 86.5 cm³/mol. The predicted octanol–water partition coefficient (Wildman–Crippen LogP) is 1.47. The number of likely N-dealkylation sites (tertiary alicyclic amines) is 1. The van der Waals surface area contributed by atoms with Gasteiger partial charge in [0.05, 0.1) is 36.8 Å². The van der Waals surface area contributed by atoms with E-state index in [2.05, 4.69) is 4.90 Å². The van der Waals surface area contributed by atoms with Crippen molar-refractivity contribution in [2.75, 3.05) is 47.0 Å². The van der Waals surface area contributed by atoms with Crippen molar-refractivity contribution in [2.45, 2.75) is 19.1 Å². The van der Waals surface area contributed by atoms with Crippen LogP contribution in [-0.2, 0) is 9.47 Å². The molecule has 0 N–H and O–H groups in total. The second-order valence-electron chi connectivity index (χ2n) is 6.37. The summed E-state index contributed by atoms with van der Waals surface area (Å²) >= 11 is 1.52. The third-order valence-corrected chi connectivity index (χ3v) is 5.54. The van der Waals surface area contributed by atoms with Crippen LogP contribution in [0, 0.1) is 12.8 Å². The Kier molecular flexibility index (Phi) is 4.82. The van der Waals surface area contributed by atoms with Gasteiger partial charge in [-0.3, -0.25) is 4.79 Å². The second kappa shape index (κ2) is 6.66. The lowest BCUT2D eigenvalue weighted by Gasteiger charge is -2.22. The number of hydrogen-bond donors (Lipinski definition) is 0. The van der Waals surface area contributed by atoms with Gasteiger partial charge in [0, 0.05) is 19.0 Å². The molecule has 1 aromatic rings. The fourth-order valence-electron chi connectivity index (χ4n) is 3.22. The molecule has 0 radical (unpaired) electrons. The maximum Gasteiger partial charge on any atom is 0.264 e. The number of carbonyl (C=O) groups excluding carboxylic acids is 1. The number of ether oxygens (including phenoxy) is 2. The lowest BCUT2D eigenvalue weighted by Crippen LogP contribution is -2.38. The van der Waals surface area contributed by atoms with Gasteiger partial charge in [0.2, 0.25) is 0 Å². The molecule has 3 atom stereocenters.